The van der Waals surface area contributed by atoms with Crippen molar-refractivity contribution in [1.82, 2.24) is 4.98 Å². The summed E-state index contributed by atoms with van der Waals surface area (Å²) in [5.41, 5.74) is 2.53. The Bertz CT molecular complexity index is 864. The Labute approximate surface area is 148 Å². The van der Waals surface area contributed by atoms with Gasteiger partial charge < -0.3 is 15.4 Å². The Balaban J connectivity index is 1.59. The van der Waals surface area contributed by atoms with E-state index < -0.39 is 4.92 Å². The number of anilines is 3. The Hall–Kier alpha value is -3.13. The third kappa shape index (κ3) is 4.45. The first-order valence-corrected chi connectivity index (χ1v) is 8.36. The molecule has 0 radical (unpaired) electrons. The number of rotatable bonds is 7. The van der Waals surface area contributed by atoms with Gasteiger partial charge in [-0.3, -0.25) is 10.1 Å². The molecule has 2 aromatic carbocycles. The van der Waals surface area contributed by atoms with E-state index in [1.807, 2.05) is 29.6 Å². The van der Waals surface area contributed by atoms with Gasteiger partial charge in [0.05, 0.1) is 24.3 Å². The molecule has 7 nitrogen and oxygen atoms in total. The van der Waals surface area contributed by atoms with E-state index in [9.17, 15) is 10.1 Å². The number of methoxy groups -OCH3 is 1. The molecule has 0 aliphatic heterocycles. The fourth-order valence-corrected chi connectivity index (χ4v) is 2.90. The van der Waals surface area contributed by atoms with Gasteiger partial charge in [-0.15, -0.1) is 11.3 Å². The molecule has 2 N–H and O–H groups in total. The van der Waals surface area contributed by atoms with E-state index in [2.05, 4.69) is 15.6 Å². The normalized spacial score (nSPS) is 10.3. The average molecular weight is 356 g/mol. The second-order valence-electron chi connectivity index (χ2n) is 5.16. The molecule has 1 aromatic heterocycles. The van der Waals surface area contributed by atoms with Crippen LogP contribution in [0.1, 0.15) is 5.69 Å². The largest absolute Gasteiger partial charge is 0.497 e. The second kappa shape index (κ2) is 7.63. The molecule has 3 aromatic rings. The van der Waals surface area contributed by atoms with Crippen molar-refractivity contribution in [3.63, 3.8) is 0 Å². The van der Waals surface area contributed by atoms with E-state index in [0.717, 1.165) is 22.3 Å². The van der Waals surface area contributed by atoms with Gasteiger partial charge in [0.2, 0.25) is 0 Å². The molecule has 0 unspecified atom stereocenters. The first kappa shape index (κ1) is 16.7. The molecule has 0 aliphatic rings. The van der Waals surface area contributed by atoms with Gasteiger partial charge in [0.1, 0.15) is 5.75 Å². The predicted molar refractivity (Wildman–Crippen MR) is 98.8 cm³/mol. The fourth-order valence-electron chi connectivity index (χ4n) is 2.17. The molecule has 0 bridgehead atoms. The Morgan fingerprint density at radius 2 is 2.00 bits per heavy atom. The number of nitro groups is 1. The highest BCUT2D eigenvalue weighted by atomic mass is 32.1. The fraction of sp³-hybridized carbons (Fsp3) is 0.118. The summed E-state index contributed by atoms with van der Waals surface area (Å²) in [6, 6.07) is 14.0. The van der Waals surface area contributed by atoms with Crippen LogP contribution in [0.15, 0.2) is 53.9 Å². The van der Waals surface area contributed by atoms with E-state index in [1.54, 1.807) is 19.2 Å². The number of nitrogens with one attached hydrogen (secondary N) is 2. The maximum atomic E-state index is 10.8. The summed E-state index contributed by atoms with van der Waals surface area (Å²) in [5, 5.41) is 19.9. The summed E-state index contributed by atoms with van der Waals surface area (Å²) < 4.78 is 5.13. The first-order valence-electron chi connectivity index (χ1n) is 7.48. The summed E-state index contributed by atoms with van der Waals surface area (Å²) in [4.78, 5) is 14.9. The monoisotopic (exact) mass is 356 g/mol. The molecular formula is C17H16N4O3S. The van der Waals surface area contributed by atoms with Crippen LogP contribution in [0.4, 0.5) is 22.2 Å². The molecule has 0 fully saturated rings. The van der Waals surface area contributed by atoms with Gasteiger partial charge in [0.25, 0.3) is 5.69 Å². The topological polar surface area (TPSA) is 89.3 Å². The van der Waals surface area contributed by atoms with E-state index in [-0.39, 0.29) is 5.69 Å². The SMILES string of the molecule is COc1ccc(Nc2nc(CNc3cccc([N+](=O)[O-])c3)cs2)cc1. The number of benzene rings is 2. The number of aromatic nitrogens is 1. The third-order valence-electron chi connectivity index (χ3n) is 3.42. The molecule has 8 heteroatoms. The van der Waals surface area contributed by atoms with Crippen molar-refractivity contribution < 1.29 is 9.66 Å². The lowest BCUT2D eigenvalue weighted by Crippen LogP contribution is -2.00. The summed E-state index contributed by atoms with van der Waals surface area (Å²) in [7, 11) is 1.63. The highest BCUT2D eigenvalue weighted by Gasteiger charge is 2.07. The molecule has 1 heterocycles. The maximum Gasteiger partial charge on any atom is 0.271 e. The lowest BCUT2D eigenvalue weighted by Gasteiger charge is -2.05. The van der Waals surface area contributed by atoms with E-state index in [1.165, 1.54) is 23.5 Å². The maximum absolute atomic E-state index is 10.8. The van der Waals surface area contributed by atoms with Crippen molar-refractivity contribution in [2.45, 2.75) is 6.54 Å². The molecule has 0 spiro atoms. The smallest absolute Gasteiger partial charge is 0.271 e. The summed E-state index contributed by atoms with van der Waals surface area (Å²) in [5.74, 6) is 0.798. The molecule has 0 atom stereocenters. The van der Waals surface area contributed by atoms with Crippen molar-refractivity contribution >= 4 is 33.5 Å². The minimum absolute atomic E-state index is 0.0603. The number of thiazole rings is 1. The van der Waals surface area contributed by atoms with Gasteiger partial charge >= 0.3 is 0 Å². The highest BCUT2D eigenvalue weighted by Crippen LogP contribution is 2.24. The van der Waals surface area contributed by atoms with Gasteiger partial charge in [0.15, 0.2) is 5.13 Å². The van der Waals surface area contributed by atoms with Crippen LogP contribution in [0.25, 0.3) is 0 Å². The third-order valence-corrected chi connectivity index (χ3v) is 4.23. The summed E-state index contributed by atoms with van der Waals surface area (Å²) in [6.45, 7) is 0.488. The second-order valence-corrected chi connectivity index (χ2v) is 6.02. The molecule has 0 amide bonds. The average Bonchev–Trinajstić information content (AvgIpc) is 3.08. The molecular weight excluding hydrogens is 340 g/mol. The van der Waals surface area contributed by atoms with Gasteiger partial charge in [0, 0.05) is 28.9 Å². The molecule has 3 rings (SSSR count). The van der Waals surface area contributed by atoms with Crippen molar-refractivity contribution in [1.29, 1.82) is 0 Å². The number of hydrogen-bond acceptors (Lipinski definition) is 7. The van der Waals surface area contributed by atoms with Gasteiger partial charge in [-0.1, -0.05) is 6.07 Å². The van der Waals surface area contributed by atoms with E-state index in [4.69, 9.17) is 4.74 Å². The Morgan fingerprint density at radius 1 is 1.20 bits per heavy atom. The minimum Gasteiger partial charge on any atom is -0.497 e. The van der Waals surface area contributed by atoms with Crippen LogP contribution < -0.4 is 15.4 Å². The number of hydrogen-bond donors (Lipinski definition) is 2. The zero-order valence-electron chi connectivity index (χ0n) is 13.4. The first-order chi connectivity index (χ1) is 12.1. The summed E-state index contributed by atoms with van der Waals surface area (Å²) >= 11 is 1.50. The molecule has 0 aliphatic carbocycles. The lowest BCUT2D eigenvalue weighted by molar-refractivity contribution is -0.384. The van der Waals surface area contributed by atoms with Crippen LogP contribution in [-0.4, -0.2) is 17.0 Å². The zero-order valence-corrected chi connectivity index (χ0v) is 14.2. The van der Waals surface area contributed by atoms with Crippen LogP contribution >= 0.6 is 11.3 Å². The van der Waals surface area contributed by atoms with Crippen LogP contribution in [0.2, 0.25) is 0 Å². The predicted octanol–water partition coefficient (Wildman–Crippen LogP) is 4.42. The summed E-state index contributed by atoms with van der Waals surface area (Å²) in [6.07, 6.45) is 0. The van der Waals surface area contributed by atoms with Crippen molar-refractivity contribution in [3.05, 3.63) is 69.7 Å². The number of ether oxygens (including phenoxy) is 1. The van der Waals surface area contributed by atoms with Crippen LogP contribution in [0.3, 0.4) is 0 Å². The standard InChI is InChI=1S/C17H16N4O3S/c1-24-16-7-5-12(6-8-16)19-17-20-14(11-25-17)10-18-13-3-2-4-15(9-13)21(22)23/h2-9,11,18H,10H2,1H3,(H,19,20). The van der Waals surface area contributed by atoms with Crippen LogP contribution in [-0.2, 0) is 6.54 Å². The van der Waals surface area contributed by atoms with Crippen molar-refractivity contribution in [2.75, 3.05) is 17.7 Å². The van der Waals surface area contributed by atoms with Crippen LogP contribution in [0, 0.1) is 10.1 Å². The number of nitro benzene ring substituents is 1. The molecule has 0 saturated carbocycles. The van der Waals surface area contributed by atoms with E-state index in [0.29, 0.717) is 12.2 Å². The quantitative estimate of drug-likeness (QED) is 0.481. The zero-order chi connectivity index (χ0) is 17.6. The van der Waals surface area contributed by atoms with Gasteiger partial charge in [-0.2, -0.15) is 0 Å². The van der Waals surface area contributed by atoms with Crippen molar-refractivity contribution in [2.24, 2.45) is 0 Å². The van der Waals surface area contributed by atoms with Gasteiger partial charge in [-0.05, 0) is 30.3 Å². The molecule has 128 valence electrons. The lowest BCUT2D eigenvalue weighted by atomic mass is 10.3. The number of nitrogens with zero attached hydrogens (tertiary/aromatic N) is 2. The molecule has 0 saturated heterocycles. The van der Waals surface area contributed by atoms with Gasteiger partial charge in [-0.25, -0.2) is 4.98 Å². The number of non-ortho nitro benzene ring substituents is 1. The Kier molecular flexibility index (Phi) is 5.10. The van der Waals surface area contributed by atoms with E-state index >= 15 is 0 Å². The molecule has 25 heavy (non-hydrogen) atoms. The minimum atomic E-state index is -0.412. The van der Waals surface area contributed by atoms with Crippen molar-refractivity contribution in [3.8, 4) is 5.75 Å². The van der Waals surface area contributed by atoms with Crippen LogP contribution in [0.5, 0.6) is 5.75 Å². The Morgan fingerprint density at radius 3 is 2.72 bits per heavy atom. The highest BCUT2D eigenvalue weighted by molar-refractivity contribution is 7.13.